The molecule has 21 heavy (non-hydrogen) atoms. The maximum atomic E-state index is 12.0. The minimum Gasteiger partial charge on any atom is -0.478 e. The first-order valence-electron chi connectivity index (χ1n) is 7.05. The molecule has 6 heteroatoms. The average molecular weight is 309 g/mol. The van der Waals surface area contributed by atoms with E-state index in [1.165, 1.54) is 30.3 Å². The summed E-state index contributed by atoms with van der Waals surface area (Å²) in [7, 11) is 0. The lowest BCUT2D eigenvalue weighted by atomic mass is 10.2. The number of carbonyl (C=O) groups is 2. The third-order valence-electron chi connectivity index (χ3n) is 3.35. The van der Waals surface area contributed by atoms with Gasteiger partial charge in [0, 0.05) is 12.6 Å². The van der Waals surface area contributed by atoms with Crippen LogP contribution in [0.25, 0.3) is 6.08 Å². The molecule has 0 atom stereocenters. The van der Waals surface area contributed by atoms with Crippen molar-refractivity contribution in [1.82, 2.24) is 5.32 Å². The Morgan fingerprint density at radius 3 is 2.90 bits per heavy atom. The summed E-state index contributed by atoms with van der Waals surface area (Å²) in [5.41, 5.74) is 0.622. The lowest BCUT2D eigenvalue weighted by Gasteiger charge is -2.11. The fourth-order valence-corrected chi connectivity index (χ4v) is 3.12. The summed E-state index contributed by atoms with van der Waals surface area (Å²) in [6.07, 6.45) is 7.49. The van der Waals surface area contributed by atoms with Gasteiger partial charge >= 0.3 is 5.97 Å². The van der Waals surface area contributed by atoms with E-state index in [0.717, 1.165) is 18.9 Å². The normalized spacial score (nSPS) is 15.6. The molecule has 1 fully saturated rings. The van der Waals surface area contributed by atoms with Gasteiger partial charge in [0.05, 0.1) is 17.6 Å². The number of nitrogens with one attached hydrogen (secondary N) is 1. The third kappa shape index (κ3) is 4.99. The van der Waals surface area contributed by atoms with Crippen molar-refractivity contribution < 1.29 is 19.4 Å². The molecule has 1 amide bonds. The van der Waals surface area contributed by atoms with Crippen LogP contribution in [0, 0.1) is 0 Å². The van der Waals surface area contributed by atoms with E-state index in [2.05, 4.69) is 5.32 Å². The summed E-state index contributed by atoms with van der Waals surface area (Å²) < 4.78 is 5.68. The molecule has 1 heterocycles. The Balaban J connectivity index is 1.77. The zero-order valence-electron chi connectivity index (χ0n) is 11.7. The summed E-state index contributed by atoms with van der Waals surface area (Å²) >= 11 is 1.30. The second-order valence-electron chi connectivity index (χ2n) is 4.91. The number of hydrogen-bond acceptors (Lipinski definition) is 4. The molecule has 0 aliphatic heterocycles. The summed E-state index contributed by atoms with van der Waals surface area (Å²) in [4.78, 5) is 23.1. The molecule has 0 spiro atoms. The second kappa shape index (κ2) is 7.95. The predicted octanol–water partition coefficient (Wildman–Crippen LogP) is 2.53. The van der Waals surface area contributed by atoms with E-state index in [4.69, 9.17) is 9.84 Å². The number of carboxylic acid groups (broad SMARTS) is 1. The molecule has 1 aliphatic carbocycles. The molecule has 0 unspecified atom stereocenters. The van der Waals surface area contributed by atoms with Crippen LogP contribution in [0.3, 0.4) is 0 Å². The van der Waals surface area contributed by atoms with Gasteiger partial charge in [0.1, 0.15) is 0 Å². The van der Waals surface area contributed by atoms with Gasteiger partial charge in [-0.05, 0) is 35.9 Å². The maximum absolute atomic E-state index is 12.0. The van der Waals surface area contributed by atoms with Crippen LogP contribution in [0.4, 0.5) is 0 Å². The summed E-state index contributed by atoms with van der Waals surface area (Å²) in [6, 6.07) is 1.73. The number of amides is 1. The number of rotatable bonds is 7. The number of carboxylic acids is 1. The van der Waals surface area contributed by atoms with Crippen LogP contribution in [-0.2, 0) is 9.53 Å². The van der Waals surface area contributed by atoms with E-state index in [1.807, 2.05) is 0 Å². The fourth-order valence-electron chi connectivity index (χ4n) is 2.32. The number of aliphatic carboxylic acids is 1. The van der Waals surface area contributed by atoms with Crippen LogP contribution < -0.4 is 5.32 Å². The van der Waals surface area contributed by atoms with E-state index in [9.17, 15) is 9.59 Å². The van der Waals surface area contributed by atoms with E-state index in [0.29, 0.717) is 29.7 Å². The van der Waals surface area contributed by atoms with Gasteiger partial charge in [-0.15, -0.1) is 11.3 Å². The lowest BCUT2D eigenvalue weighted by Crippen LogP contribution is -2.28. The standard InChI is InChI=1S/C15H19NO4S/c17-13(18)6-5-11-7-10-21-14(11)15(19)16-8-9-20-12-3-1-2-4-12/h5-7,10,12H,1-4,8-9H2,(H,16,19)(H,17,18). The van der Waals surface area contributed by atoms with Gasteiger partial charge in [0.15, 0.2) is 0 Å². The highest BCUT2D eigenvalue weighted by atomic mass is 32.1. The van der Waals surface area contributed by atoms with Crippen molar-refractivity contribution in [2.24, 2.45) is 0 Å². The van der Waals surface area contributed by atoms with Crippen molar-refractivity contribution >= 4 is 29.3 Å². The summed E-state index contributed by atoms with van der Waals surface area (Å²) in [6.45, 7) is 0.984. The van der Waals surface area contributed by atoms with Crippen molar-refractivity contribution in [2.45, 2.75) is 31.8 Å². The Morgan fingerprint density at radius 2 is 2.19 bits per heavy atom. The van der Waals surface area contributed by atoms with Gasteiger partial charge in [-0.25, -0.2) is 4.79 Å². The molecule has 1 saturated carbocycles. The zero-order chi connectivity index (χ0) is 15.1. The van der Waals surface area contributed by atoms with E-state index in [1.54, 1.807) is 11.4 Å². The Bertz CT molecular complexity index is 517. The second-order valence-corrected chi connectivity index (χ2v) is 5.83. The molecule has 2 rings (SSSR count). The summed E-state index contributed by atoms with van der Waals surface area (Å²) in [5, 5.41) is 13.2. The summed E-state index contributed by atoms with van der Waals surface area (Å²) in [5.74, 6) is -1.22. The van der Waals surface area contributed by atoms with Crippen molar-refractivity contribution in [3.05, 3.63) is 28.0 Å². The van der Waals surface area contributed by atoms with Crippen molar-refractivity contribution in [3.8, 4) is 0 Å². The SMILES string of the molecule is O=C(O)C=Cc1ccsc1C(=O)NCCOC1CCCC1. The largest absolute Gasteiger partial charge is 0.478 e. The number of thiophene rings is 1. The molecule has 0 saturated heterocycles. The van der Waals surface area contributed by atoms with Crippen LogP contribution in [-0.4, -0.2) is 36.2 Å². The molecular weight excluding hydrogens is 290 g/mol. The van der Waals surface area contributed by atoms with Crippen LogP contribution >= 0.6 is 11.3 Å². The number of carbonyl (C=O) groups excluding carboxylic acids is 1. The minimum absolute atomic E-state index is 0.190. The Kier molecular flexibility index (Phi) is 5.95. The average Bonchev–Trinajstić information content (AvgIpc) is 3.12. The third-order valence-corrected chi connectivity index (χ3v) is 4.28. The van der Waals surface area contributed by atoms with Gasteiger partial charge in [-0.2, -0.15) is 0 Å². The van der Waals surface area contributed by atoms with E-state index >= 15 is 0 Å². The molecule has 114 valence electrons. The number of hydrogen-bond donors (Lipinski definition) is 2. The van der Waals surface area contributed by atoms with Crippen LogP contribution in [0.2, 0.25) is 0 Å². The maximum Gasteiger partial charge on any atom is 0.328 e. The topological polar surface area (TPSA) is 75.6 Å². The molecule has 1 aromatic rings. The molecular formula is C15H19NO4S. The van der Waals surface area contributed by atoms with Gasteiger partial charge in [-0.3, -0.25) is 4.79 Å². The zero-order valence-corrected chi connectivity index (χ0v) is 12.5. The van der Waals surface area contributed by atoms with Crippen LogP contribution in [0.15, 0.2) is 17.5 Å². The van der Waals surface area contributed by atoms with Crippen LogP contribution in [0.1, 0.15) is 40.9 Å². The van der Waals surface area contributed by atoms with E-state index < -0.39 is 5.97 Å². The first kappa shape index (κ1) is 15.7. The Hall–Kier alpha value is -1.66. The van der Waals surface area contributed by atoms with Crippen molar-refractivity contribution in [1.29, 1.82) is 0 Å². The smallest absolute Gasteiger partial charge is 0.328 e. The predicted molar refractivity (Wildman–Crippen MR) is 81.5 cm³/mol. The minimum atomic E-state index is -1.03. The molecule has 1 aromatic heterocycles. The van der Waals surface area contributed by atoms with Gasteiger partial charge < -0.3 is 15.2 Å². The quantitative estimate of drug-likeness (QED) is 0.599. The molecule has 5 nitrogen and oxygen atoms in total. The van der Waals surface area contributed by atoms with E-state index in [-0.39, 0.29) is 5.91 Å². The monoisotopic (exact) mass is 309 g/mol. The number of ether oxygens (including phenoxy) is 1. The highest BCUT2D eigenvalue weighted by molar-refractivity contribution is 7.12. The van der Waals surface area contributed by atoms with Gasteiger partial charge in [-0.1, -0.05) is 12.8 Å². The van der Waals surface area contributed by atoms with Crippen LogP contribution in [0.5, 0.6) is 0 Å². The van der Waals surface area contributed by atoms with Gasteiger partial charge in [0.2, 0.25) is 0 Å². The first-order valence-corrected chi connectivity index (χ1v) is 7.93. The molecule has 0 bridgehead atoms. The molecule has 1 aliphatic rings. The molecule has 0 radical (unpaired) electrons. The first-order chi connectivity index (χ1) is 10.2. The fraction of sp³-hybridized carbons (Fsp3) is 0.467. The lowest BCUT2D eigenvalue weighted by molar-refractivity contribution is -0.131. The van der Waals surface area contributed by atoms with Gasteiger partial charge in [0.25, 0.3) is 5.91 Å². The molecule has 0 aromatic carbocycles. The molecule has 2 N–H and O–H groups in total. The van der Waals surface area contributed by atoms with Crippen molar-refractivity contribution in [3.63, 3.8) is 0 Å². The highest BCUT2D eigenvalue weighted by Crippen LogP contribution is 2.20. The Morgan fingerprint density at radius 1 is 1.43 bits per heavy atom. The highest BCUT2D eigenvalue weighted by Gasteiger charge is 2.15. The van der Waals surface area contributed by atoms with Crippen molar-refractivity contribution in [2.75, 3.05) is 13.2 Å². The Labute approximate surface area is 127 Å².